The number of H-pyrrole nitrogens is 1. The van der Waals surface area contributed by atoms with Gasteiger partial charge in [0.1, 0.15) is 0 Å². The van der Waals surface area contributed by atoms with Gasteiger partial charge in [-0.1, -0.05) is 6.07 Å². The molecule has 0 aliphatic rings. The van der Waals surface area contributed by atoms with E-state index in [1.54, 1.807) is 18.3 Å². The van der Waals surface area contributed by atoms with Crippen LogP contribution >= 0.6 is 11.6 Å². The number of phenolic OH excluding ortho intramolecular Hbond substituents is 1. The third-order valence-corrected chi connectivity index (χ3v) is 2.12. The Balaban J connectivity index is 2.80. The molecular formula is C9H6ClNO2. The van der Waals surface area contributed by atoms with E-state index in [0.29, 0.717) is 5.52 Å². The van der Waals surface area contributed by atoms with Crippen LogP contribution in [0.5, 0.6) is 5.75 Å². The van der Waals surface area contributed by atoms with Crippen molar-refractivity contribution in [3.63, 3.8) is 0 Å². The van der Waals surface area contributed by atoms with E-state index in [1.165, 1.54) is 6.07 Å². The van der Waals surface area contributed by atoms with Crippen LogP contribution in [0, 0.1) is 0 Å². The number of aromatic nitrogens is 1. The van der Waals surface area contributed by atoms with Gasteiger partial charge in [-0.25, -0.2) is 0 Å². The largest absolute Gasteiger partial charge is 0.505 e. The van der Waals surface area contributed by atoms with Gasteiger partial charge >= 0.3 is 0 Å². The van der Waals surface area contributed by atoms with E-state index in [4.69, 9.17) is 11.6 Å². The van der Waals surface area contributed by atoms with Gasteiger partial charge in [-0.3, -0.25) is 4.79 Å². The van der Waals surface area contributed by atoms with E-state index in [9.17, 15) is 9.90 Å². The zero-order chi connectivity index (χ0) is 9.42. The van der Waals surface area contributed by atoms with Crippen LogP contribution in [0.25, 0.3) is 10.9 Å². The van der Waals surface area contributed by atoms with E-state index in [0.717, 1.165) is 5.39 Å². The molecule has 1 heterocycles. The number of aromatic hydroxyl groups is 1. The lowest BCUT2D eigenvalue weighted by Gasteiger charge is -1.99. The van der Waals surface area contributed by atoms with Gasteiger partial charge in [0.15, 0.2) is 5.75 Å². The van der Waals surface area contributed by atoms with Gasteiger partial charge in [-0.15, -0.1) is 0 Å². The van der Waals surface area contributed by atoms with Crippen LogP contribution in [0.2, 0.25) is 0 Å². The Morgan fingerprint density at radius 3 is 2.85 bits per heavy atom. The van der Waals surface area contributed by atoms with Crippen molar-refractivity contribution in [3.8, 4) is 5.75 Å². The van der Waals surface area contributed by atoms with Crippen LogP contribution in [-0.4, -0.2) is 15.3 Å². The summed E-state index contributed by atoms with van der Waals surface area (Å²) in [5.74, 6) is -0.0949. The second-order valence-electron chi connectivity index (χ2n) is 2.68. The maximum absolute atomic E-state index is 10.8. The average Bonchev–Trinajstić information content (AvgIpc) is 2.52. The van der Waals surface area contributed by atoms with Crippen LogP contribution in [0.15, 0.2) is 24.4 Å². The zero-order valence-electron chi connectivity index (χ0n) is 6.54. The second kappa shape index (κ2) is 2.78. The molecule has 1 aromatic heterocycles. The standard InChI is InChI=1S/C9H6ClNO2/c10-9(13)6-2-1-5-3-4-11-7(5)8(6)12/h1-4,11-12H. The van der Waals surface area contributed by atoms with Crippen molar-refractivity contribution in [2.75, 3.05) is 0 Å². The molecular weight excluding hydrogens is 190 g/mol. The molecule has 0 aliphatic carbocycles. The van der Waals surface area contributed by atoms with Gasteiger partial charge < -0.3 is 10.1 Å². The molecule has 0 unspecified atom stereocenters. The van der Waals surface area contributed by atoms with Crippen molar-refractivity contribution in [1.29, 1.82) is 0 Å². The number of rotatable bonds is 1. The Morgan fingerprint density at radius 2 is 2.15 bits per heavy atom. The number of hydrogen-bond donors (Lipinski definition) is 2. The predicted octanol–water partition coefficient (Wildman–Crippen LogP) is 2.25. The first-order valence-electron chi connectivity index (χ1n) is 3.69. The molecule has 0 bridgehead atoms. The molecule has 2 aromatic rings. The number of phenols is 1. The summed E-state index contributed by atoms with van der Waals surface area (Å²) in [6.07, 6.45) is 1.69. The number of nitrogens with one attached hydrogen (secondary N) is 1. The lowest BCUT2D eigenvalue weighted by Crippen LogP contribution is -1.89. The van der Waals surface area contributed by atoms with E-state index >= 15 is 0 Å². The first kappa shape index (κ1) is 8.13. The summed E-state index contributed by atoms with van der Waals surface area (Å²) in [6.45, 7) is 0. The number of benzene rings is 1. The van der Waals surface area contributed by atoms with Gasteiger partial charge in [-0.2, -0.15) is 0 Å². The second-order valence-corrected chi connectivity index (χ2v) is 3.02. The number of halogens is 1. The first-order valence-corrected chi connectivity index (χ1v) is 4.07. The quantitative estimate of drug-likeness (QED) is 0.686. The van der Waals surface area contributed by atoms with E-state index in [1.807, 2.05) is 0 Å². The first-order chi connectivity index (χ1) is 6.20. The van der Waals surface area contributed by atoms with Crippen LogP contribution in [0.1, 0.15) is 10.4 Å². The SMILES string of the molecule is O=C(Cl)c1ccc2cc[nH]c2c1O. The minimum atomic E-state index is -0.658. The van der Waals surface area contributed by atoms with Crippen LogP contribution in [-0.2, 0) is 0 Å². The number of fused-ring (bicyclic) bond motifs is 1. The fourth-order valence-electron chi connectivity index (χ4n) is 1.27. The monoisotopic (exact) mass is 195 g/mol. The summed E-state index contributed by atoms with van der Waals surface area (Å²) in [6, 6.07) is 5.03. The fraction of sp³-hybridized carbons (Fsp3) is 0. The van der Waals surface area contributed by atoms with Crippen molar-refractivity contribution in [3.05, 3.63) is 30.0 Å². The zero-order valence-corrected chi connectivity index (χ0v) is 7.30. The highest BCUT2D eigenvalue weighted by atomic mass is 35.5. The molecule has 0 atom stereocenters. The molecule has 0 saturated carbocycles. The van der Waals surface area contributed by atoms with Crippen molar-refractivity contribution in [1.82, 2.24) is 4.98 Å². The highest BCUT2D eigenvalue weighted by Gasteiger charge is 2.11. The summed E-state index contributed by atoms with van der Waals surface area (Å²) >= 11 is 5.26. The molecule has 0 fully saturated rings. The topological polar surface area (TPSA) is 53.1 Å². The van der Waals surface area contributed by atoms with Crippen molar-refractivity contribution < 1.29 is 9.90 Å². The minimum Gasteiger partial charge on any atom is -0.505 e. The number of hydrogen-bond acceptors (Lipinski definition) is 2. The summed E-state index contributed by atoms with van der Waals surface area (Å²) in [5, 5.41) is 9.76. The average molecular weight is 196 g/mol. The van der Waals surface area contributed by atoms with Crippen molar-refractivity contribution in [2.45, 2.75) is 0 Å². The third kappa shape index (κ3) is 1.17. The minimum absolute atomic E-state index is 0.0949. The van der Waals surface area contributed by atoms with Crippen LogP contribution < -0.4 is 0 Å². The molecule has 0 aliphatic heterocycles. The lowest BCUT2D eigenvalue weighted by atomic mass is 10.1. The molecule has 0 saturated heterocycles. The molecule has 4 heteroatoms. The normalized spacial score (nSPS) is 10.5. The lowest BCUT2D eigenvalue weighted by molar-refractivity contribution is 0.107. The number of carbonyl (C=O) groups is 1. The Hall–Kier alpha value is -1.48. The van der Waals surface area contributed by atoms with E-state index < -0.39 is 5.24 Å². The van der Waals surface area contributed by atoms with Crippen LogP contribution in [0.3, 0.4) is 0 Å². The smallest absolute Gasteiger partial charge is 0.256 e. The highest BCUT2D eigenvalue weighted by molar-refractivity contribution is 6.68. The predicted molar refractivity (Wildman–Crippen MR) is 50.1 cm³/mol. The molecule has 0 amide bonds. The number of aromatic amines is 1. The van der Waals surface area contributed by atoms with Gasteiger partial charge in [-0.05, 0) is 23.7 Å². The molecule has 1 aromatic carbocycles. The van der Waals surface area contributed by atoms with Gasteiger partial charge in [0.25, 0.3) is 5.24 Å². The van der Waals surface area contributed by atoms with Gasteiger partial charge in [0.05, 0.1) is 11.1 Å². The summed E-state index contributed by atoms with van der Waals surface area (Å²) in [5.41, 5.74) is 0.656. The van der Waals surface area contributed by atoms with Gasteiger partial charge in [0.2, 0.25) is 0 Å². The highest BCUT2D eigenvalue weighted by Crippen LogP contribution is 2.28. The fourth-order valence-corrected chi connectivity index (χ4v) is 1.42. The molecule has 2 N–H and O–H groups in total. The Bertz CT molecular complexity index is 475. The summed E-state index contributed by atoms with van der Waals surface area (Å²) in [7, 11) is 0. The molecule has 3 nitrogen and oxygen atoms in total. The maximum Gasteiger partial charge on any atom is 0.256 e. The van der Waals surface area contributed by atoms with Crippen LogP contribution in [0.4, 0.5) is 0 Å². The summed E-state index contributed by atoms with van der Waals surface area (Å²) < 4.78 is 0. The van der Waals surface area contributed by atoms with Crippen molar-refractivity contribution >= 4 is 27.7 Å². The van der Waals surface area contributed by atoms with E-state index in [-0.39, 0.29) is 11.3 Å². The molecule has 13 heavy (non-hydrogen) atoms. The maximum atomic E-state index is 10.8. The summed E-state index contributed by atoms with van der Waals surface area (Å²) in [4.78, 5) is 13.6. The molecule has 2 rings (SSSR count). The van der Waals surface area contributed by atoms with Gasteiger partial charge in [0, 0.05) is 11.6 Å². The Kier molecular flexibility index (Phi) is 1.74. The Labute approximate surface area is 78.9 Å². The van der Waals surface area contributed by atoms with Crippen molar-refractivity contribution in [2.24, 2.45) is 0 Å². The molecule has 0 spiro atoms. The Morgan fingerprint density at radius 1 is 1.38 bits per heavy atom. The third-order valence-electron chi connectivity index (χ3n) is 1.91. The van der Waals surface area contributed by atoms with E-state index in [2.05, 4.69) is 4.98 Å². The molecule has 0 radical (unpaired) electrons. The molecule has 66 valence electrons. The number of carbonyl (C=O) groups excluding carboxylic acids is 1.